The van der Waals surface area contributed by atoms with E-state index in [2.05, 4.69) is 10.2 Å². The predicted molar refractivity (Wildman–Crippen MR) is 76.2 cm³/mol. The van der Waals surface area contributed by atoms with Crippen molar-refractivity contribution in [3.63, 3.8) is 0 Å². The van der Waals surface area contributed by atoms with Crippen LogP contribution >= 0.6 is 34.7 Å². The van der Waals surface area contributed by atoms with Crippen LogP contribution in [0.15, 0.2) is 17.3 Å². The molecule has 2 aromatic heterocycles. The second-order valence-electron chi connectivity index (χ2n) is 3.73. The molecule has 102 valence electrons. The average Bonchev–Trinajstić information content (AvgIpc) is 2.94. The summed E-state index contributed by atoms with van der Waals surface area (Å²) in [5.74, 6) is -0.0401. The van der Waals surface area contributed by atoms with Crippen molar-refractivity contribution in [1.29, 1.82) is 0 Å². The summed E-state index contributed by atoms with van der Waals surface area (Å²) in [6.45, 7) is 2.61. The highest BCUT2D eigenvalue weighted by Crippen LogP contribution is 2.25. The molecule has 0 bridgehead atoms. The molecule has 19 heavy (non-hydrogen) atoms. The minimum atomic E-state index is -0.864. The number of aryl methyl sites for hydroxylation is 1. The van der Waals surface area contributed by atoms with Gasteiger partial charge in [0.1, 0.15) is 5.82 Å². The number of thioether (sulfide) groups is 1. The number of thiophene rings is 1. The van der Waals surface area contributed by atoms with Crippen LogP contribution in [0.2, 0.25) is 4.34 Å². The lowest BCUT2D eigenvalue weighted by Crippen LogP contribution is -2.06. The van der Waals surface area contributed by atoms with Crippen LogP contribution in [-0.2, 0) is 17.8 Å². The predicted octanol–water partition coefficient (Wildman–Crippen LogP) is 2.78. The molecule has 0 atom stereocenters. The van der Waals surface area contributed by atoms with Crippen molar-refractivity contribution in [2.45, 2.75) is 25.0 Å². The second-order valence-corrected chi connectivity index (χ2v) is 6.47. The average molecular weight is 318 g/mol. The molecular formula is C11H12ClN3O2S2. The zero-order valence-corrected chi connectivity index (χ0v) is 12.6. The first kappa shape index (κ1) is 14.4. The Morgan fingerprint density at radius 2 is 2.32 bits per heavy atom. The van der Waals surface area contributed by atoms with Crippen molar-refractivity contribution in [3.05, 3.63) is 27.2 Å². The van der Waals surface area contributed by atoms with Crippen molar-refractivity contribution in [3.8, 4) is 0 Å². The molecule has 0 saturated carbocycles. The normalized spacial score (nSPS) is 10.8. The summed E-state index contributed by atoms with van der Waals surface area (Å²) in [6, 6.07) is 3.81. The van der Waals surface area contributed by atoms with Crippen LogP contribution in [0.5, 0.6) is 0 Å². The first-order valence-electron chi connectivity index (χ1n) is 5.61. The SMILES string of the molecule is CCc1nnc(SCC(=O)O)n1Cc1ccc(Cl)s1. The Kier molecular flexibility index (Phi) is 4.84. The van der Waals surface area contributed by atoms with Gasteiger partial charge in [-0.05, 0) is 12.1 Å². The van der Waals surface area contributed by atoms with Gasteiger partial charge in [0, 0.05) is 11.3 Å². The van der Waals surface area contributed by atoms with Crippen molar-refractivity contribution in [2.75, 3.05) is 5.75 Å². The minimum absolute atomic E-state index is 0.0208. The Morgan fingerprint density at radius 3 is 2.89 bits per heavy atom. The summed E-state index contributed by atoms with van der Waals surface area (Å²) in [4.78, 5) is 11.7. The van der Waals surface area contributed by atoms with Gasteiger partial charge in [-0.25, -0.2) is 0 Å². The third kappa shape index (κ3) is 3.71. The molecule has 8 heteroatoms. The lowest BCUT2D eigenvalue weighted by molar-refractivity contribution is -0.133. The molecule has 0 aliphatic heterocycles. The van der Waals surface area contributed by atoms with Crippen LogP contribution in [0, 0.1) is 0 Å². The van der Waals surface area contributed by atoms with E-state index in [9.17, 15) is 4.79 Å². The molecule has 1 N–H and O–H groups in total. The summed E-state index contributed by atoms with van der Waals surface area (Å²) < 4.78 is 2.68. The smallest absolute Gasteiger partial charge is 0.313 e. The molecule has 0 fully saturated rings. The van der Waals surface area contributed by atoms with Crippen molar-refractivity contribution in [2.24, 2.45) is 0 Å². The quantitative estimate of drug-likeness (QED) is 0.830. The first-order chi connectivity index (χ1) is 9.10. The number of carboxylic acid groups (broad SMARTS) is 1. The molecule has 0 aliphatic carbocycles. The fourth-order valence-electron chi connectivity index (χ4n) is 1.56. The van der Waals surface area contributed by atoms with E-state index < -0.39 is 5.97 Å². The van der Waals surface area contributed by atoms with Crippen LogP contribution in [0.25, 0.3) is 0 Å². The number of halogens is 1. The van der Waals surface area contributed by atoms with E-state index in [4.69, 9.17) is 16.7 Å². The summed E-state index contributed by atoms with van der Waals surface area (Å²) in [7, 11) is 0. The monoisotopic (exact) mass is 317 g/mol. The fourth-order valence-corrected chi connectivity index (χ4v) is 3.32. The van der Waals surface area contributed by atoms with Crippen molar-refractivity contribution < 1.29 is 9.90 Å². The van der Waals surface area contributed by atoms with Crippen LogP contribution in [0.3, 0.4) is 0 Å². The van der Waals surface area contributed by atoms with E-state index in [1.54, 1.807) is 0 Å². The maximum atomic E-state index is 10.6. The minimum Gasteiger partial charge on any atom is -0.481 e. The molecular weight excluding hydrogens is 306 g/mol. The number of hydrogen-bond donors (Lipinski definition) is 1. The summed E-state index contributed by atoms with van der Waals surface area (Å²) >= 11 is 8.59. The summed E-state index contributed by atoms with van der Waals surface area (Å²) in [5.41, 5.74) is 0. The number of hydrogen-bond acceptors (Lipinski definition) is 5. The fraction of sp³-hybridized carbons (Fsp3) is 0.364. The molecule has 0 saturated heterocycles. The van der Waals surface area contributed by atoms with Gasteiger partial charge in [0.05, 0.1) is 16.6 Å². The molecule has 5 nitrogen and oxygen atoms in total. The van der Waals surface area contributed by atoms with E-state index in [1.807, 2.05) is 23.6 Å². The van der Waals surface area contributed by atoms with Gasteiger partial charge in [0.2, 0.25) is 0 Å². The van der Waals surface area contributed by atoms with Crippen LogP contribution < -0.4 is 0 Å². The van der Waals surface area contributed by atoms with E-state index in [0.717, 1.165) is 21.5 Å². The van der Waals surface area contributed by atoms with Gasteiger partial charge in [0.15, 0.2) is 5.16 Å². The molecule has 2 rings (SSSR count). The molecule has 0 radical (unpaired) electrons. The third-order valence-corrected chi connectivity index (χ3v) is 4.54. The number of aromatic nitrogens is 3. The van der Waals surface area contributed by atoms with Gasteiger partial charge < -0.3 is 9.67 Å². The molecule has 0 unspecified atom stereocenters. The van der Waals surface area contributed by atoms with Crippen LogP contribution in [-0.4, -0.2) is 31.6 Å². The summed E-state index contributed by atoms with van der Waals surface area (Å²) in [5, 5.41) is 17.5. The highest BCUT2D eigenvalue weighted by molar-refractivity contribution is 7.99. The standard InChI is InChI=1S/C11H12ClN3O2S2/c1-2-9-13-14-11(18-6-10(16)17)15(9)5-7-3-4-8(12)19-7/h3-4H,2,5-6H2,1H3,(H,16,17). The summed E-state index contributed by atoms with van der Waals surface area (Å²) in [6.07, 6.45) is 0.750. The van der Waals surface area contributed by atoms with Crippen molar-refractivity contribution >= 4 is 40.7 Å². The lowest BCUT2D eigenvalue weighted by atomic mass is 10.4. The third-order valence-electron chi connectivity index (χ3n) is 2.38. The Labute approximate surface area is 123 Å². The van der Waals surface area contributed by atoms with E-state index in [1.165, 1.54) is 23.1 Å². The number of aliphatic carboxylic acids is 1. The van der Waals surface area contributed by atoms with Crippen LogP contribution in [0.1, 0.15) is 17.6 Å². The zero-order chi connectivity index (χ0) is 13.8. The Balaban J connectivity index is 2.20. The number of carboxylic acids is 1. The topological polar surface area (TPSA) is 68.0 Å². The Hall–Kier alpha value is -1.05. The first-order valence-corrected chi connectivity index (χ1v) is 7.79. The van der Waals surface area contributed by atoms with Gasteiger partial charge in [-0.2, -0.15) is 0 Å². The largest absolute Gasteiger partial charge is 0.481 e. The van der Waals surface area contributed by atoms with Crippen molar-refractivity contribution in [1.82, 2.24) is 14.8 Å². The van der Waals surface area contributed by atoms with Gasteiger partial charge in [-0.1, -0.05) is 30.3 Å². The number of carbonyl (C=O) groups is 1. The van der Waals surface area contributed by atoms with Gasteiger partial charge in [-0.3, -0.25) is 4.79 Å². The maximum absolute atomic E-state index is 10.6. The van der Waals surface area contributed by atoms with E-state index >= 15 is 0 Å². The Morgan fingerprint density at radius 1 is 1.53 bits per heavy atom. The molecule has 0 aromatic carbocycles. The van der Waals surface area contributed by atoms with E-state index in [0.29, 0.717) is 11.7 Å². The van der Waals surface area contributed by atoms with Gasteiger partial charge in [0.25, 0.3) is 0 Å². The number of rotatable bonds is 6. The molecule has 2 heterocycles. The maximum Gasteiger partial charge on any atom is 0.313 e. The van der Waals surface area contributed by atoms with Crippen LogP contribution in [0.4, 0.5) is 0 Å². The highest BCUT2D eigenvalue weighted by atomic mass is 35.5. The van der Waals surface area contributed by atoms with Gasteiger partial charge >= 0.3 is 5.97 Å². The lowest BCUT2D eigenvalue weighted by Gasteiger charge is -2.07. The Bertz CT molecular complexity index is 582. The molecule has 0 amide bonds. The second kappa shape index (κ2) is 6.40. The number of nitrogens with zero attached hydrogens (tertiary/aromatic N) is 3. The van der Waals surface area contributed by atoms with E-state index in [-0.39, 0.29) is 5.75 Å². The zero-order valence-electron chi connectivity index (χ0n) is 10.2. The van der Waals surface area contributed by atoms with Gasteiger partial charge in [-0.15, -0.1) is 21.5 Å². The molecule has 2 aromatic rings. The molecule has 0 spiro atoms. The highest BCUT2D eigenvalue weighted by Gasteiger charge is 2.13. The molecule has 0 aliphatic rings.